The number of hydrogen-bond donors (Lipinski definition) is 2. The Balaban J connectivity index is 2.83. The summed E-state index contributed by atoms with van der Waals surface area (Å²) in [6.45, 7) is 4.70. The van der Waals surface area contributed by atoms with Gasteiger partial charge in [-0.05, 0) is 14.1 Å². The fraction of sp³-hybridized carbons (Fsp3) is 1.00. The summed E-state index contributed by atoms with van der Waals surface area (Å²) in [5, 5.41) is 5.76. The Labute approximate surface area is 97.6 Å². The van der Waals surface area contributed by atoms with Crippen LogP contribution in [0.4, 0.5) is 0 Å². The van der Waals surface area contributed by atoms with Gasteiger partial charge in [0.25, 0.3) is 0 Å². The Morgan fingerprint density at radius 1 is 0.562 bits per heavy atom. The van der Waals surface area contributed by atoms with E-state index >= 15 is 0 Å². The van der Waals surface area contributed by atoms with E-state index in [1.54, 1.807) is 0 Å². The summed E-state index contributed by atoms with van der Waals surface area (Å²) in [5.41, 5.74) is 0. The third-order valence-corrected chi connectivity index (χ3v) is 1.61. The molecular weight excluding hydrogens is 212 g/mol. The fourth-order valence-corrected chi connectivity index (χ4v) is 0.906. The first kappa shape index (κ1) is 15.8. The van der Waals surface area contributed by atoms with Crippen molar-refractivity contribution >= 4 is 0 Å². The Kier molecular flexibility index (Phi) is 14.5. The van der Waals surface area contributed by atoms with E-state index in [9.17, 15) is 0 Å². The van der Waals surface area contributed by atoms with Gasteiger partial charge in [0, 0.05) is 0 Å². The fourth-order valence-electron chi connectivity index (χ4n) is 0.906. The molecule has 0 aromatic heterocycles. The van der Waals surface area contributed by atoms with Gasteiger partial charge >= 0.3 is 0 Å². The van der Waals surface area contributed by atoms with Crippen molar-refractivity contribution in [3.63, 3.8) is 0 Å². The van der Waals surface area contributed by atoms with Gasteiger partial charge in [-0.15, -0.1) is 0 Å². The molecule has 0 bridgehead atoms. The maximum atomic E-state index is 5.28. The third kappa shape index (κ3) is 13.8. The highest BCUT2D eigenvalue weighted by Crippen LogP contribution is 1.81. The molecule has 6 heteroatoms. The highest BCUT2D eigenvalue weighted by atomic mass is 16.6. The molecule has 0 aliphatic rings. The summed E-state index contributed by atoms with van der Waals surface area (Å²) in [6, 6.07) is 0. The minimum Gasteiger partial charge on any atom is -0.377 e. The lowest BCUT2D eigenvalue weighted by Crippen LogP contribution is -2.17. The van der Waals surface area contributed by atoms with Crippen molar-refractivity contribution in [2.45, 2.75) is 0 Å². The van der Waals surface area contributed by atoms with Crippen molar-refractivity contribution in [3.05, 3.63) is 0 Å². The first-order valence-electron chi connectivity index (χ1n) is 5.52. The van der Waals surface area contributed by atoms with Crippen LogP contribution in [0.3, 0.4) is 0 Å². The van der Waals surface area contributed by atoms with Crippen LogP contribution in [0.2, 0.25) is 0 Å². The smallest absolute Gasteiger partial charge is 0.0963 e. The molecule has 0 radical (unpaired) electrons. The van der Waals surface area contributed by atoms with E-state index in [1.165, 1.54) is 0 Å². The van der Waals surface area contributed by atoms with E-state index in [1.807, 2.05) is 14.1 Å². The van der Waals surface area contributed by atoms with Crippen LogP contribution >= 0.6 is 0 Å². The average molecular weight is 236 g/mol. The molecule has 0 aliphatic heterocycles. The molecule has 2 N–H and O–H groups in total. The molecule has 0 saturated heterocycles. The topological polar surface area (TPSA) is 61.0 Å². The number of ether oxygens (including phenoxy) is 4. The van der Waals surface area contributed by atoms with Crippen molar-refractivity contribution < 1.29 is 18.9 Å². The quantitative estimate of drug-likeness (QED) is 0.329. The number of rotatable bonds is 13. The number of hydrogen-bond acceptors (Lipinski definition) is 6. The third-order valence-electron chi connectivity index (χ3n) is 1.61. The SMILES string of the molecule is CNCOCCOCCOCCOCNC. The van der Waals surface area contributed by atoms with Crippen molar-refractivity contribution in [2.24, 2.45) is 0 Å². The van der Waals surface area contributed by atoms with E-state index in [-0.39, 0.29) is 0 Å². The summed E-state index contributed by atoms with van der Waals surface area (Å²) in [5.74, 6) is 0. The van der Waals surface area contributed by atoms with Crippen LogP contribution in [0.15, 0.2) is 0 Å². The molecule has 6 nitrogen and oxygen atoms in total. The van der Waals surface area contributed by atoms with Gasteiger partial charge in [-0.3, -0.25) is 10.6 Å². The average Bonchev–Trinajstić information content (AvgIpc) is 2.31. The predicted molar refractivity (Wildman–Crippen MR) is 61.4 cm³/mol. The number of nitrogens with one attached hydrogen (secondary N) is 2. The van der Waals surface area contributed by atoms with Gasteiger partial charge < -0.3 is 18.9 Å². The summed E-state index contributed by atoms with van der Waals surface area (Å²) < 4.78 is 20.9. The van der Waals surface area contributed by atoms with E-state index < -0.39 is 0 Å². The van der Waals surface area contributed by atoms with Crippen molar-refractivity contribution in [3.8, 4) is 0 Å². The lowest BCUT2D eigenvalue weighted by Gasteiger charge is -2.06. The maximum Gasteiger partial charge on any atom is 0.0963 e. The zero-order valence-electron chi connectivity index (χ0n) is 10.3. The monoisotopic (exact) mass is 236 g/mol. The molecule has 0 saturated carbocycles. The molecule has 0 fully saturated rings. The first-order valence-corrected chi connectivity index (χ1v) is 5.52. The highest BCUT2D eigenvalue weighted by Gasteiger charge is 1.91. The molecule has 0 aromatic rings. The molecular formula is C10H24N2O4. The highest BCUT2D eigenvalue weighted by molar-refractivity contribution is 4.34. The standard InChI is InChI=1S/C10H24N2O4/c1-11-9-15-7-5-13-3-4-14-6-8-16-10-12-2/h11-12H,3-10H2,1-2H3. The van der Waals surface area contributed by atoms with Gasteiger partial charge in [0.1, 0.15) is 0 Å². The minimum atomic E-state index is 0.558. The lowest BCUT2D eigenvalue weighted by molar-refractivity contribution is -0.00456. The molecule has 0 aromatic carbocycles. The summed E-state index contributed by atoms with van der Waals surface area (Å²) in [6.07, 6.45) is 0. The van der Waals surface area contributed by atoms with Crippen LogP contribution in [0, 0.1) is 0 Å². The lowest BCUT2D eigenvalue weighted by atomic mass is 10.7. The second kappa shape index (κ2) is 14.8. The summed E-state index contributed by atoms with van der Waals surface area (Å²) >= 11 is 0. The van der Waals surface area contributed by atoms with Crippen LogP contribution in [0.1, 0.15) is 0 Å². The van der Waals surface area contributed by atoms with E-state index in [2.05, 4.69) is 10.6 Å². The van der Waals surface area contributed by atoms with Crippen LogP contribution in [0.25, 0.3) is 0 Å². The molecule has 0 unspecified atom stereocenters. The van der Waals surface area contributed by atoms with Gasteiger partial charge in [0.05, 0.1) is 53.1 Å². The molecule has 0 amide bonds. The molecule has 0 heterocycles. The zero-order chi connectivity index (χ0) is 11.9. The molecule has 0 spiro atoms. The van der Waals surface area contributed by atoms with E-state index in [0.717, 1.165) is 0 Å². The first-order chi connectivity index (χ1) is 7.91. The molecule has 16 heavy (non-hydrogen) atoms. The Morgan fingerprint density at radius 3 is 1.19 bits per heavy atom. The summed E-state index contributed by atoms with van der Waals surface area (Å²) in [4.78, 5) is 0. The van der Waals surface area contributed by atoms with E-state index in [0.29, 0.717) is 53.1 Å². The van der Waals surface area contributed by atoms with Crippen LogP contribution in [-0.2, 0) is 18.9 Å². The molecule has 0 atom stereocenters. The zero-order valence-corrected chi connectivity index (χ0v) is 10.3. The Hall–Kier alpha value is -0.240. The van der Waals surface area contributed by atoms with E-state index in [4.69, 9.17) is 18.9 Å². The second-order valence-corrected chi connectivity index (χ2v) is 3.04. The van der Waals surface area contributed by atoms with Crippen LogP contribution in [-0.4, -0.2) is 67.2 Å². The van der Waals surface area contributed by atoms with Gasteiger partial charge in [-0.2, -0.15) is 0 Å². The van der Waals surface area contributed by atoms with Crippen LogP contribution < -0.4 is 10.6 Å². The molecule has 98 valence electrons. The largest absolute Gasteiger partial charge is 0.377 e. The van der Waals surface area contributed by atoms with Gasteiger partial charge in [0.2, 0.25) is 0 Å². The summed E-state index contributed by atoms with van der Waals surface area (Å²) in [7, 11) is 3.68. The Morgan fingerprint density at radius 2 is 0.875 bits per heavy atom. The van der Waals surface area contributed by atoms with Crippen LogP contribution in [0.5, 0.6) is 0 Å². The molecule has 0 rings (SSSR count). The van der Waals surface area contributed by atoms with Gasteiger partial charge in [-0.1, -0.05) is 0 Å². The Bertz CT molecular complexity index is 113. The van der Waals surface area contributed by atoms with Gasteiger partial charge in [-0.25, -0.2) is 0 Å². The predicted octanol–water partition coefficient (Wildman–Crippen LogP) is -0.593. The van der Waals surface area contributed by atoms with Gasteiger partial charge in [0.15, 0.2) is 0 Å². The van der Waals surface area contributed by atoms with Crippen molar-refractivity contribution in [1.29, 1.82) is 0 Å². The second-order valence-electron chi connectivity index (χ2n) is 3.04. The van der Waals surface area contributed by atoms with Crippen molar-refractivity contribution in [1.82, 2.24) is 10.6 Å². The molecule has 0 aliphatic carbocycles. The maximum absolute atomic E-state index is 5.28. The van der Waals surface area contributed by atoms with Crippen molar-refractivity contribution in [2.75, 3.05) is 67.2 Å². The minimum absolute atomic E-state index is 0.558. The normalized spacial score (nSPS) is 10.9.